The van der Waals surface area contributed by atoms with Gasteiger partial charge in [-0.3, -0.25) is 4.79 Å². The first kappa shape index (κ1) is 28.9. The van der Waals surface area contributed by atoms with Gasteiger partial charge >= 0.3 is 6.09 Å². The van der Waals surface area contributed by atoms with Crippen LogP contribution >= 0.6 is 24.0 Å². The molecule has 0 rings (SSSR count). The standard InChI is InChI=1S/C19H39N5O3.HI/c1-10-20-16(22-12-15(25)23-18(3,4)5)21-11-14(2)13-24(9)17(26)27-19(6,7)8;/h14H,10-13H2,1-9H3,(H,23,25)(H2,20,21,22);1H. The SMILES string of the molecule is CCNC(=NCC(=O)NC(C)(C)C)NCC(C)CN(C)C(=O)OC(C)(C)C.I. The minimum Gasteiger partial charge on any atom is -0.444 e. The predicted molar refractivity (Wildman–Crippen MR) is 125 cm³/mol. The average molecular weight is 513 g/mol. The molecule has 9 heteroatoms. The van der Waals surface area contributed by atoms with Crippen LogP contribution in [0.2, 0.25) is 0 Å². The third-order valence-corrected chi connectivity index (χ3v) is 3.15. The molecule has 0 saturated carbocycles. The molecule has 0 aromatic carbocycles. The first-order chi connectivity index (χ1) is 12.2. The molecular weight excluding hydrogens is 473 g/mol. The summed E-state index contributed by atoms with van der Waals surface area (Å²) < 4.78 is 5.36. The molecule has 3 N–H and O–H groups in total. The topological polar surface area (TPSA) is 95.1 Å². The van der Waals surface area contributed by atoms with Gasteiger partial charge in [0.1, 0.15) is 12.1 Å². The summed E-state index contributed by atoms with van der Waals surface area (Å²) in [5, 5.41) is 9.21. The van der Waals surface area contributed by atoms with Crippen molar-refractivity contribution in [3.05, 3.63) is 0 Å². The quantitative estimate of drug-likeness (QED) is 0.277. The summed E-state index contributed by atoms with van der Waals surface area (Å²) in [6, 6.07) is 0. The van der Waals surface area contributed by atoms with Gasteiger partial charge in [0.05, 0.1) is 0 Å². The van der Waals surface area contributed by atoms with Gasteiger partial charge in [0, 0.05) is 32.2 Å². The molecule has 0 aromatic heterocycles. The van der Waals surface area contributed by atoms with Crippen LogP contribution in [0, 0.1) is 5.92 Å². The highest BCUT2D eigenvalue weighted by molar-refractivity contribution is 14.0. The number of guanidine groups is 1. The van der Waals surface area contributed by atoms with E-state index >= 15 is 0 Å². The van der Waals surface area contributed by atoms with Crippen molar-refractivity contribution in [2.45, 2.75) is 66.5 Å². The fourth-order valence-electron chi connectivity index (χ4n) is 2.17. The van der Waals surface area contributed by atoms with E-state index in [1.807, 2.05) is 55.4 Å². The van der Waals surface area contributed by atoms with Crippen molar-refractivity contribution in [3.8, 4) is 0 Å². The van der Waals surface area contributed by atoms with E-state index in [-0.39, 0.29) is 54.0 Å². The number of nitrogens with zero attached hydrogens (tertiary/aromatic N) is 2. The highest BCUT2D eigenvalue weighted by Crippen LogP contribution is 2.10. The molecule has 0 heterocycles. The highest BCUT2D eigenvalue weighted by atomic mass is 127. The van der Waals surface area contributed by atoms with Crippen LogP contribution in [0.1, 0.15) is 55.4 Å². The van der Waals surface area contributed by atoms with Gasteiger partial charge in [-0.1, -0.05) is 6.92 Å². The molecule has 0 radical (unpaired) electrons. The molecular formula is C19H40IN5O3. The first-order valence-electron chi connectivity index (χ1n) is 9.50. The summed E-state index contributed by atoms with van der Waals surface area (Å²) in [6.07, 6.45) is -0.339. The lowest BCUT2D eigenvalue weighted by Crippen LogP contribution is -2.44. The van der Waals surface area contributed by atoms with Crippen molar-refractivity contribution >= 4 is 41.9 Å². The van der Waals surface area contributed by atoms with E-state index in [0.717, 1.165) is 0 Å². The zero-order chi connectivity index (χ0) is 21.3. The van der Waals surface area contributed by atoms with Gasteiger partial charge in [0.2, 0.25) is 5.91 Å². The second kappa shape index (κ2) is 13.1. The van der Waals surface area contributed by atoms with E-state index < -0.39 is 5.60 Å². The highest BCUT2D eigenvalue weighted by Gasteiger charge is 2.21. The van der Waals surface area contributed by atoms with Crippen LogP contribution in [0.25, 0.3) is 0 Å². The maximum atomic E-state index is 12.0. The molecule has 0 fully saturated rings. The lowest BCUT2D eigenvalue weighted by atomic mass is 10.1. The van der Waals surface area contributed by atoms with Crippen molar-refractivity contribution < 1.29 is 14.3 Å². The lowest BCUT2D eigenvalue weighted by molar-refractivity contribution is -0.121. The summed E-state index contributed by atoms with van der Waals surface area (Å²) >= 11 is 0. The lowest BCUT2D eigenvalue weighted by Gasteiger charge is -2.26. The summed E-state index contributed by atoms with van der Waals surface area (Å²) in [5.41, 5.74) is -0.787. The number of hydrogen-bond donors (Lipinski definition) is 3. The monoisotopic (exact) mass is 513 g/mol. The Kier molecular flexibility index (Phi) is 13.5. The van der Waals surface area contributed by atoms with E-state index in [4.69, 9.17) is 4.74 Å². The fraction of sp³-hybridized carbons (Fsp3) is 0.842. The van der Waals surface area contributed by atoms with Gasteiger partial charge in [-0.2, -0.15) is 0 Å². The number of amides is 2. The number of rotatable bonds is 7. The van der Waals surface area contributed by atoms with Crippen LogP contribution < -0.4 is 16.0 Å². The predicted octanol–water partition coefficient (Wildman–Crippen LogP) is 2.58. The van der Waals surface area contributed by atoms with Gasteiger partial charge in [-0.15, -0.1) is 24.0 Å². The number of halogens is 1. The van der Waals surface area contributed by atoms with Crippen LogP contribution in [0.4, 0.5) is 4.79 Å². The molecule has 1 atom stereocenters. The molecule has 8 nitrogen and oxygen atoms in total. The van der Waals surface area contributed by atoms with Crippen LogP contribution in [0.3, 0.4) is 0 Å². The second-order valence-corrected chi connectivity index (χ2v) is 8.84. The number of carbonyl (C=O) groups is 2. The van der Waals surface area contributed by atoms with Gasteiger partial charge in [0.15, 0.2) is 5.96 Å². The maximum Gasteiger partial charge on any atom is 0.410 e. The Hall–Kier alpha value is -1.26. The normalized spacial score (nSPS) is 13.1. The molecule has 0 aromatic rings. The average Bonchev–Trinajstić information content (AvgIpc) is 2.46. The van der Waals surface area contributed by atoms with Gasteiger partial charge in [0.25, 0.3) is 0 Å². The summed E-state index contributed by atoms with van der Waals surface area (Å²) in [7, 11) is 1.72. The maximum absolute atomic E-state index is 12.0. The molecule has 0 bridgehead atoms. The van der Waals surface area contributed by atoms with E-state index in [1.165, 1.54) is 0 Å². The summed E-state index contributed by atoms with van der Waals surface area (Å²) in [5.74, 6) is 0.625. The first-order valence-corrected chi connectivity index (χ1v) is 9.50. The molecule has 0 aliphatic heterocycles. The van der Waals surface area contributed by atoms with Gasteiger partial charge in [-0.05, 0) is 54.4 Å². The Bertz CT molecular complexity index is 513. The minimum atomic E-state index is -0.509. The van der Waals surface area contributed by atoms with E-state index in [1.54, 1.807) is 11.9 Å². The van der Waals surface area contributed by atoms with Crippen LogP contribution in [-0.4, -0.2) is 67.2 Å². The molecule has 0 spiro atoms. The molecule has 1 unspecified atom stereocenters. The van der Waals surface area contributed by atoms with E-state index in [9.17, 15) is 9.59 Å². The van der Waals surface area contributed by atoms with Crippen LogP contribution in [-0.2, 0) is 9.53 Å². The van der Waals surface area contributed by atoms with Crippen molar-refractivity contribution in [2.75, 3.05) is 33.2 Å². The van der Waals surface area contributed by atoms with Gasteiger partial charge in [-0.25, -0.2) is 9.79 Å². The molecule has 0 aliphatic rings. The fourth-order valence-corrected chi connectivity index (χ4v) is 2.17. The van der Waals surface area contributed by atoms with E-state index in [2.05, 4.69) is 20.9 Å². The zero-order valence-corrected chi connectivity index (χ0v) is 21.3. The number of ether oxygens (including phenoxy) is 1. The Labute approximate surface area is 187 Å². The Morgan fingerprint density at radius 1 is 1.11 bits per heavy atom. The van der Waals surface area contributed by atoms with Gasteiger partial charge < -0.3 is 25.6 Å². The van der Waals surface area contributed by atoms with E-state index in [0.29, 0.717) is 25.6 Å². The van der Waals surface area contributed by atoms with Crippen molar-refractivity contribution in [1.82, 2.24) is 20.9 Å². The second-order valence-electron chi connectivity index (χ2n) is 8.84. The number of hydrogen-bond acceptors (Lipinski definition) is 4. The third kappa shape index (κ3) is 15.8. The Morgan fingerprint density at radius 2 is 1.68 bits per heavy atom. The number of nitrogens with one attached hydrogen (secondary N) is 3. The molecule has 28 heavy (non-hydrogen) atoms. The summed E-state index contributed by atoms with van der Waals surface area (Å²) in [4.78, 5) is 29.8. The molecule has 166 valence electrons. The summed E-state index contributed by atoms with van der Waals surface area (Å²) in [6.45, 7) is 17.2. The van der Waals surface area contributed by atoms with Crippen molar-refractivity contribution in [1.29, 1.82) is 0 Å². The zero-order valence-electron chi connectivity index (χ0n) is 18.9. The largest absolute Gasteiger partial charge is 0.444 e. The van der Waals surface area contributed by atoms with Crippen molar-refractivity contribution in [3.63, 3.8) is 0 Å². The molecule has 0 aliphatic carbocycles. The van der Waals surface area contributed by atoms with Crippen molar-refractivity contribution in [2.24, 2.45) is 10.9 Å². The number of aliphatic imine (C=N–C) groups is 1. The molecule has 2 amide bonds. The number of carbonyl (C=O) groups excluding carboxylic acids is 2. The smallest absolute Gasteiger partial charge is 0.410 e. The van der Waals surface area contributed by atoms with Crippen LogP contribution in [0.5, 0.6) is 0 Å². The Balaban J connectivity index is 0. The Morgan fingerprint density at radius 3 is 2.14 bits per heavy atom. The molecule has 0 saturated heterocycles. The van der Waals surface area contributed by atoms with Crippen LogP contribution in [0.15, 0.2) is 4.99 Å². The minimum absolute atomic E-state index is 0. The third-order valence-electron chi connectivity index (χ3n) is 3.15.